The minimum Gasteiger partial charge on any atom is -0.352 e. The Kier molecular flexibility index (Phi) is 4.93. The van der Waals surface area contributed by atoms with Gasteiger partial charge in [0, 0.05) is 24.8 Å². The maximum atomic E-state index is 11.7. The lowest BCUT2D eigenvalue weighted by Gasteiger charge is -2.04. The standard InChI is InChI=1S/C13H15NO3S/c1-3-4-5-10-14-13(15)11-6-8-12(9-7-11)18(2,16)17/h1,6-9H,4-5,10H2,2H3,(H,14,15). The van der Waals surface area contributed by atoms with Gasteiger partial charge in [-0.1, -0.05) is 0 Å². The average Bonchev–Trinajstić information content (AvgIpc) is 2.33. The number of benzene rings is 1. The van der Waals surface area contributed by atoms with Crippen LogP contribution in [0.5, 0.6) is 0 Å². The number of rotatable bonds is 5. The predicted molar refractivity (Wildman–Crippen MR) is 70.0 cm³/mol. The molecule has 0 spiro atoms. The van der Waals surface area contributed by atoms with Gasteiger partial charge in [-0.3, -0.25) is 4.79 Å². The van der Waals surface area contributed by atoms with Crippen LogP contribution < -0.4 is 5.32 Å². The number of hydrogen-bond acceptors (Lipinski definition) is 3. The Morgan fingerprint density at radius 2 is 1.94 bits per heavy atom. The fraction of sp³-hybridized carbons (Fsp3) is 0.308. The second-order valence-corrected chi connectivity index (χ2v) is 5.88. The van der Waals surface area contributed by atoms with Crippen molar-refractivity contribution in [3.8, 4) is 12.3 Å². The molecule has 1 amide bonds. The van der Waals surface area contributed by atoms with Gasteiger partial charge in [-0.25, -0.2) is 8.42 Å². The molecule has 0 saturated heterocycles. The van der Waals surface area contributed by atoms with Crippen LogP contribution in [0.3, 0.4) is 0 Å². The molecule has 5 heteroatoms. The molecule has 0 saturated carbocycles. The van der Waals surface area contributed by atoms with Gasteiger partial charge in [0.25, 0.3) is 5.91 Å². The highest BCUT2D eigenvalue weighted by molar-refractivity contribution is 7.90. The summed E-state index contributed by atoms with van der Waals surface area (Å²) in [6, 6.07) is 5.83. The van der Waals surface area contributed by atoms with Gasteiger partial charge < -0.3 is 5.32 Å². The molecule has 0 aliphatic heterocycles. The first-order chi connectivity index (χ1) is 8.45. The van der Waals surface area contributed by atoms with Crippen molar-refractivity contribution in [1.29, 1.82) is 0 Å². The summed E-state index contributed by atoms with van der Waals surface area (Å²) in [5.74, 6) is 2.26. The molecule has 0 aliphatic carbocycles. The number of amides is 1. The number of hydrogen-bond donors (Lipinski definition) is 1. The summed E-state index contributed by atoms with van der Waals surface area (Å²) in [5, 5.41) is 2.71. The Morgan fingerprint density at radius 3 is 2.44 bits per heavy atom. The van der Waals surface area contributed by atoms with Gasteiger partial charge >= 0.3 is 0 Å². The van der Waals surface area contributed by atoms with E-state index in [2.05, 4.69) is 11.2 Å². The summed E-state index contributed by atoms with van der Waals surface area (Å²) in [7, 11) is -3.22. The van der Waals surface area contributed by atoms with E-state index in [-0.39, 0.29) is 10.8 Å². The van der Waals surface area contributed by atoms with Crippen LogP contribution in [0.2, 0.25) is 0 Å². The Morgan fingerprint density at radius 1 is 1.33 bits per heavy atom. The molecule has 0 aliphatic rings. The van der Waals surface area contributed by atoms with E-state index in [1.807, 2.05) is 0 Å². The summed E-state index contributed by atoms with van der Waals surface area (Å²) in [6.07, 6.45) is 7.57. The van der Waals surface area contributed by atoms with E-state index in [1.54, 1.807) is 0 Å². The molecule has 0 atom stereocenters. The number of carbonyl (C=O) groups is 1. The summed E-state index contributed by atoms with van der Waals surface area (Å²) in [4.78, 5) is 11.9. The molecule has 0 unspecified atom stereocenters. The molecule has 1 N–H and O–H groups in total. The third kappa shape index (κ3) is 4.22. The second kappa shape index (κ2) is 6.22. The zero-order valence-electron chi connectivity index (χ0n) is 10.1. The lowest BCUT2D eigenvalue weighted by molar-refractivity contribution is 0.0953. The first-order valence-electron chi connectivity index (χ1n) is 5.47. The predicted octanol–water partition coefficient (Wildman–Crippen LogP) is 1.23. The van der Waals surface area contributed by atoms with E-state index in [4.69, 9.17) is 6.42 Å². The number of terminal acetylenes is 1. The lowest BCUT2D eigenvalue weighted by atomic mass is 10.2. The fourth-order valence-corrected chi connectivity index (χ4v) is 1.98. The normalized spacial score (nSPS) is 10.7. The minimum absolute atomic E-state index is 0.200. The van der Waals surface area contributed by atoms with Gasteiger partial charge in [0.1, 0.15) is 0 Å². The van der Waals surface area contributed by atoms with Gasteiger partial charge in [0.2, 0.25) is 0 Å². The molecular formula is C13H15NO3S. The summed E-state index contributed by atoms with van der Waals surface area (Å²) in [5.41, 5.74) is 0.433. The van der Waals surface area contributed by atoms with Crippen LogP contribution in [0.25, 0.3) is 0 Å². The molecule has 0 fully saturated rings. The molecule has 1 rings (SSSR count). The maximum absolute atomic E-state index is 11.7. The molecule has 18 heavy (non-hydrogen) atoms. The van der Waals surface area contributed by atoms with Crippen molar-refractivity contribution in [2.24, 2.45) is 0 Å². The van der Waals surface area contributed by atoms with Crippen molar-refractivity contribution in [1.82, 2.24) is 5.32 Å². The highest BCUT2D eigenvalue weighted by Crippen LogP contribution is 2.10. The van der Waals surface area contributed by atoms with E-state index in [0.29, 0.717) is 18.5 Å². The molecule has 0 bridgehead atoms. The van der Waals surface area contributed by atoms with Gasteiger partial charge in [0.15, 0.2) is 9.84 Å². The SMILES string of the molecule is C#CCCCNC(=O)c1ccc(S(C)(=O)=O)cc1. The lowest BCUT2D eigenvalue weighted by Crippen LogP contribution is -2.24. The van der Waals surface area contributed by atoms with Crippen LogP contribution in [0.15, 0.2) is 29.2 Å². The smallest absolute Gasteiger partial charge is 0.251 e. The number of carbonyl (C=O) groups excluding carboxylic acids is 1. The largest absolute Gasteiger partial charge is 0.352 e. The van der Waals surface area contributed by atoms with Crippen molar-refractivity contribution in [3.63, 3.8) is 0 Å². The van der Waals surface area contributed by atoms with Crippen molar-refractivity contribution in [3.05, 3.63) is 29.8 Å². The third-order valence-corrected chi connectivity index (χ3v) is 3.46. The highest BCUT2D eigenvalue weighted by Gasteiger charge is 2.09. The second-order valence-electron chi connectivity index (χ2n) is 3.86. The van der Waals surface area contributed by atoms with Crippen molar-refractivity contribution < 1.29 is 13.2 Å². The Labute approximate surface area is 107 Å². The zero-order chi connectivity index (χ0) is 13.6. The highest BCUT2D eigenvalue weighted by atomic mass is 32.2. The van der Waals surface area contributed by atoms with Gasteiger partial charge in [-0.05, 0) is 30.7 Å². The molecule has 96 valence electrons. The monoisotopic (exact) mass is 265 g/mol. The van der Waals surface area contributed by atoms with E-state index >= 15 is 0 Å². The van der Waals surface area contributed by atoms with Crippen molar-refractivity contribution in [2.45, 2.75) is 17.7 Å². The van der Waals surface area contributed by atoms with E-state index in [9.17, 15) is 13.2 Å². The van der Waals surface area contributed by atoms with E-state index in [1.165, 1.54) is 24.3 Å². The van der Waals surface area contributed by atoms with Crippen LogP contribution in [0.1, 0.15) is 23.2 Å². The Bertz CT molecular complexity index is 553. The van der Waals surface area contributed by atoms with Gasteiger partial charge in [-0.2, -0.15) is 0 Å². The molecular weight excluding hydrogens is 250 g/mol. The quantitative estimate of drug-likeness (QED) is 0.643. The first-order valence-corrected chi connectivity index (χ1v) is 7.36. The number of nitrogens with one attached hydrogen (secondary N) is 1. The Balaban J connectivity index is 2.63. The first kappa shape index (κ1) is 14.3. The van der Waals surface area contributed by atoms with Gasteiger partial charge in [0.05, 0.1) is 4.90 Å². The van der Waals surface area contributed by atoms with Crippen LogP contribution in [0, 0.1) is 12.3 Å². The minimum atomic E-state index is -3.22. The third-order valence-electron chi connectivity index (χ3n) is 2.33. The molecule has 0 heterocycles. The summed E-state index contributed by atoms with van der Waals surface area (Å²) >= 11 is 0. The van der Waals surface area contributed by atoms with Crippen molar-refractivity contribution >= 4 is 15.7 Å². The topological polar surface area (TPSA) is 63.2 Å². The molecule has 0 aromatic heterocycles. The number of unbranched alkanes of at least 4 members (excludes halogenated alkanes) is 1. The van der Waals surface area contributed by atoms with Crippen LogP contribution in [-0.2, 0) is 9.84 Å². The summed E-state index contributed by atoms with van der Waals surface area (Å²) < 4.78 is 22.5. The van der Waals surface area contributed by atoms with Crippen LogP contribution in [0.4, 0.5) is 0 Å². The Hall–Kier alpha value is -1.80. The van der Waals surface area contributed by atoms with Crippen LogP contribution >= 0.6 is 0 Å². The molecule has 1 aromatic rings. The number of sulfone groups is 1. The summed E-state index contributed by atoms with van der Waals surface area (Å²) in [6.45, 7) is 0.511. The molecule has 0 radical (unpaired) electrons. The average molecular weight is 265 g/mol. The maximum Gasteiger partial charge on any atom is 0.251 e. The van der Waals surface area contributed by atoms with E-state index < -0.39 is 9.84 Å². The zero-order valence-corrected chi connectivity index (χ0v) is 11.0. The molecule has 1 aromatic carbocycles. The molecule has 4 nitrogen and oxygen atoms in total. The van der Waals surface area contributed by atoms with Crippen LogP contribution in [-0.4, -0.2) is 27.1 Å². The fourth-order valence-electron chi connectivity index (χ4n) is 1.35. The van der Waals surface area contributed by atoms with E-state index in [0.717, 1.165) is 12.7 Å². The van der Waals surface area contributed by atoms with Crippen molar-refractivity contribution in [2.75, 3.05) is 12.8 Å². The van der Waals surface area contributed by atoms with Gasteiger partial charge in [-0.15, -0.1) is 12.3 Å².